The van der Waals surface area contributed by atoms with Crippen molar-refractivity contribution >= 4 is 11.8 Å². The minimum atomic E-state index is -0.818. The number of unbranched alkanes of at least 4 members (excludes halogenated alkanes) is 1. The summed E-state index contributed by atoms with van der Waals surface area (Å²) in [7, 11) is 4.02. The van der Waals surface area contributed by atoms with Gasteiger partial charge in [-0.15, -0.1) is 0 Å². The van der Waals surface area contributed by atoms with Gasteiger partial charge in [0, 0.05) is 25.4 Å². The fourth-order valence-electron chi connectivity index (χ4n) is 2.45. The molecule has 0 unspecified atom stereocenters. The summed E-state index contributed by atoms with van der Waals surface area (Å²) in [5.74, 6) is -1.60. The third-order valence-electron chi connectivity index (χ3n) is 3.96. The molecule has 0 amide bonds. The fraction of sp³-hybridized carbons (Fsp3) is 0.812. The summed E-state index contributed by atoms with van der Waals surface area (Å²) in [4.78, 5) is 12.4. The fourth-order valence-corrected chi connectivity index (χ4v) is 2.45. The summed E-state index contributed by atoms with van der Waals surface area (Å²) in [5.41, 5.74) is 0. The van der Waals surface area contributed by atoms with Crippen LogP contribution in [0.25, 0.3) is 0 Å². The number of likely N-dealkylation sites (N-methyl/N-ethyl adjacent to an activating group) is 2. The average molecular weight is 385 g/mol. The molecule has 1 aliphatic rings. The maximum absolute atomic E-state index is 12.2. The second-order valence-corrected chi connectivity index (χ2v) is 6.00. The topological polar surface area (TPSA) is 101 Å². The Kier molecular flexibility index (Phi) is 12.6. The molecule has 0 aliphatic carbocycles. The Balaban J connectivity index is 0.00000529. The van der Waals surface area contributed by atoms with Crippen LogP contribution < -0.4 is 10.2 Å². The van der Waals surface area contributed by atoms with E-state index in [1.54, 1.807) is 0 Å². The molecule has 8 heteroatoms. The molecule has 0 atom stereocenters. The monoisotopic (exact) mass is 384 g/mol. The zero-order valence-corrected chi connectivity index (χ0v) is 15.4. The summed E-state index contributed by atoms with van der Waals surface area (Å²) in [6.45, 7) is 4.10. The van der Waals surface area contributed by atoms with Gasteiger partial charge in [-0.25, -0.2) is 0 Å². The molecule has 1 rings (SSSR count). The number of nitrogens with zero attached hydrogens (tertiary/aromatic N) is 5. The van der Waals surface area contributed by atoms with Crippen LogP contribution in [0.5, 0.6) is 0 Å². The van der Waals surface area contributed by atoms with Gasteiger partial charge in [0.15, 0.2) is 0 Å². The molecule has 139 valence electrons. The first kappa shape index (κ1) is 22.9. The van der Waals surface area contributed by atoms with Gasteiger partial charge in [0.1, 0.15) is 0 Å². The van der Waals surface area contributed by atoms with E-state index >= 15 is 0 Å². The van der Waals surface area contributed by atoms with Crippen LogP contribution in [-0.4, -0.2) is 75.0 Å². The smallest absolute Gasteiger partial charge is 0.862 e. The van der Waals surface area contributed by atoms with Crippen molar-refractivity contribution in [1.82, 2.24) is 9.80 Å². The predicted molar refractivity (Wildman–Crippen MR) is 87.2 cm³/mol. The van der Waals surface area contributed by atoms with E-state index in [0.29, 0.717) is 45.4 Å². The maximum atomic E-state index is 12.2. The molecule has 0 saturated carbocycles. The first-order valence-electron chi connectivity index (χ1n) is 8.21. The van der Waals surface area contributed by atoms with Crippen molar-refractivity contribution in [2.24, 2.45) is 15.9 Å². The van der Waals surface area contributed by atoms with Crippen LogP contribution in [0.4, 0.5) is 0 Å². The molecule has 7 nitrogen and oxygen atoms in total. The minimum Gasteiger partial charge on any atom is -0.862 e. The van der Waals surface area contributed by atoms with E-state index in [4.69, 9.17) is 5.26 Å². The number of hydrogen-bond acceptors (Lipinski definition) is 7. The van der Waals surface area contributed by atoms with Crippen molar-refractivity contribution in [3.8, 4) is 6.07 Å². The van der Waals surface area contributed by atoms with Crippen LogP contribution in [-0.2, 0) is 17.1 Å². The predicted octanol–water partition coefficient (Wildman–Crippen LogP) is -0.921. The van der Waals surface area contributed by atoms with Crippen LogP contribution in [0.3, 0.4) is 0 Å². The van der Waals surface area contributed by atoms with Crippen molar-refractivity contribution in [3.63, 3.8) is 0 Å². The first-order valence-corrected chi connectivity index (χ1v) is 8.21. The van der Waals surface area contributed by atoms with Crippen molar-refractivity contribution in [1.29, 1.82) is 5.26 Å². The molecule has 24 heavy (non-hydrogen) atoms. The number of aliphatic imine (C=N–C) groups is 2. The van der Waals surface area contributed by atoms with Crippen LogP contribution in [0.1, 0.15) is 25.7 Å². The van der Waals surface area contributed by atoms with Crippen LogP contribution >= 0.6 is 0 Å². The molecule has 1 heterocycles. The molecule has 1 radical (unpaired) electrons. The van der Waals surface area contributed by atoms with Gasteiger partial charge in [-0.2, -0.15) is 5.26 Å². The Labute approximate surface area is 155 Å². The van der Waals surface area contributed by atoms with Gasteiger partial charge in [-0.3, -0.25) is 0 Å². The van der Waals surface area contributed by atoms with Crippen LogP contribution in [0.15, 0.2) is 9.98 Å². The quantitative estimate of drug-likeness (QED) is 0.462. The molecule has 0 N–H and O–H groups in total. The van der Waals surface area contributed by atoms with E-state index in [0.717, 1.165) is 19.5 Å². The van der Waals surface area contributed by atoms with E-state index in [2.05, 4.69) is 19.8 Å². The summed E-state index contributed by atoms with van der Waals surface area (Å²) in [6, 6.07) is 2.04. The number of hydrogen-bond donors (Lipinski definition) is 0. The van der Waals surface area contributed by atoms with E-state index in [-0.39, 0.29) is 17.1 Å². The third kappa shape index (κ3) is 9.23. The first-order chi connectivity index (χ1) is 11.0. The van der Waals surface area contributed by atoms with Crippen LogP contribution in [0.2, 0.25) is 0 Å². The van der Waals surface area contributed by atoms with E-state index in [1.807, 2.05) is 20.2 Å². The molecule has 0 spiro atoms. The molecule has 0 bridgehead atoms. The van der Waals surface area contributed by atoms with E-state index in [9.17, 15) is 10.2 Å². The number of nitriles is 1. The second-order valence-electron chi connectivity index (χ2n) is 6.00. The zero-order chi connectivity index (χ0) is 17.1. The van der Waals surface area contributed by atoms with Gasteiger partial charge in [0.2, 0.25) is 0 Å². The van der Waals surface area contributed by atoms with Crippen molar-refractivity contribution in [2.75, 3.05) is 53.4 Å². The Morgan fingerprint density at radius 1 is 1.04 bits per heavy atom. The van der Waals surface area contributed by atoms with Crippen molar-refractivity contribution in [2.45, 2.75) is 25.7 Å². The van der Waals surface area contributed by atoms with E-state index in [1.165, 1.54) is 0 Å². The van der Waals surface area contributed by atoms with Gasteiger partial charge in [0.05, 0.1) is 19.2 Å². The molecule has 0 aromatic carbocycles. The second kappa shape index (κ2) is 13.2. The Hall–Kier alpha value is -1.13. The summed E-state index contributed by atoms with van der Waals surface area (Å²) < 4.78 is 0. The Morgan fingerprint density at radius 3 is 2.00 bits per heavy atom. The third-order valence-corrected chi connectivity index (χ3v) is 3.96. The minimum absolute atomic E-state index is 0. The molecule has 0 saturated heterocycles. The Bertz CT molecular complexity index is 420. The van der Waals surface area contributed by atoms with Gasteiger partial charge in [0.25, 0.3) is 0 Å². The molecule has 1 aliphatic heterocycles. The summed E-state index contributed by atoms with van der Waals surface area (Å²) in [5, 5.41) is 33.0. The summed E-state index contributed by atoms with van der Waals surface area (Å²) >= 11 is 0. The standard InChI is InChI=1S/C16H29N5O2.Cu/c1-20-10-5-11-21(2)13-9-19-16(23)14(6-3-4-7-17)15(22)18-8-12-20;/h14H,3-6,8-13H2,1-2H3,(H,18,22)(H,19,23);/q;+2/p-2. The van der Waals surface area contributed by atoms with Gasteiger partial charge in [-0.1, -0.05) is 0 Å². The summed E-state index contributed by atoms with van der Waals surface area (Å²) in [6.07, 6.45) is 2.24. The van der Waals surface area contributed by atoms with E-state index < -0.39 is 17.7 Å². The van der Waals surface area contributed by atoms with Gasteiger partial charge >= 0.3 is 17.1 Å². The molecular weight excluding hydrogens is 358 g/mol. The molecular formula is C16H27CuN5O2. The van der Waals surface area contributed by atoms with Crippen molar-refractivity contribution in [3.05, 3.63) is 0 Å². The largest absolute Gasteiger partial charge is 2.00 e. The Morgan fingerprint density at radius 2 is 1.54 bits per heavy atom. The molecule has 0 fully saturated rings. The number of rotatable bonds is 3. The average Bonchev–Trinajstić information content (AvgIpc) is 2.50. The zero-order valence-electron chi connectivity index (χ0n) is 14.5. The molecule has 0 aromatic heterocycles. The van der Waals surface area contributed by atoms with Gasteiger partial charge < -0.3 is 30.0 Å². The van der Waals surface area contributed by atoms with Crippen molar-refractivity contribution < 1.29 is 27.3 Å². The van der Waals surface area contributed by atoms with Crippen LogP contribution in [0, 0.1) is 17.2 Å². The van der Waals surface area contributed by atoms with Gasteiger partial charge in [-0.05, 0) is 58.2 Å². The molecule has 0 aromatic rings. The SMILES string of the molecule is CN1CCCN(C)CCN=C([O-])C(CCCC#N)C([O-])=NCC1.[Cu+2]. The normalized spacial score (nSPS) is 22.5. The maximum Gasteiger partial charge on any atom is 2.00 e.